The third-order valence-electron chi connectivity index (χ3n) is 3.30. The second-order valence-corrected chi connectivity index (χ2v) is 5.44. The Morgan fingerprint density at radius 1 is 1.39 bits per heavy atom. The minimum Gasteiger partial charge on any atom is -0.222 e. The average Bonchev–Trinajstić information content (AvgIpc) is 3.13. The Hall–Kier alpha value is -0.990. The topological polar surface area (TPSA) is 17.8 Å². The number of rotatable bonds is 3. The average molecular weight is 281 g/mol. The van der Waals surface area contributed by atoms with E-state index in [1.807, 2.05) is 12.1 Å². The molecule has 1 aliphatic rings. The molecule has 0 unspecified atom stereocenters. The summed E-state index contributed by atoms with van der Waals surface area (Å²) in [6, 6.07) is 8.17. The van der Waals surface area contributed by atoms with Crippen molar-refractivity contribution in [2.45, 2.75) is 31.6 Å². The Bertz CT molecular complexity index is 585. The molecule has 94 valence electrons. The molecule has 0 saturated heterocycles. The van der Waals surface area contributed by atoms with Gasteiger partial charge < -0.3 is 0 Å². The minimum atomic E-state index is 0.427. The van der Waals surface area contributed by atoms with Crippen LogP contribution >= 0.6 is 23.2 Å². The van der Waals surface area contributed by atoms with Gasteiger partial charge in [0.25, 0.3) is 0 Å². The predicted octanol–water partition coefficient (Wildman–Crippen LogP) is 4.45. The van der Waals surface area contributed by atoms with Crippen molar-refractivity contribution >= 4 is 23.2 Å². The lowest BCUT2D eigenvalue weighted by atomic mass is 10.2. The molecule has 0 N–H and O–H groups in total. The first-order chi connectivity index (χ1) is 8.70. The van der Waals surface area contributed by atoms with E-state index in [0.29, 0.717) is 17.0 Å². The highest BCUT2D eigenvalue weighted by Crippen LogP contribution is 2.43. The zero-order valence-electron chi connectivity index (χ0n) is 10.2. The van der Waals surface area contributed by atoms with Crippen LogP contribution in [0.1, 0.15) is 35.6 Å². The Morgan fingerprint density at radius 3 is 2.78 bits per heavy atom. The number of hydrogen-bond acceptors (Lipinski definition) is 1. The van der Waals surface area contributed by atoms with Gasteiger partial charge in [-0.2, -0.15) is 5.10 Å². The third-order valence-corrected chi connectivity index (χ3v) is 3.95. The molecule has 3 rings (SSSR count). The predicted molar refractivity (Wildman–Crippen MR) is 74.8 cm³/mol. The molecule has 0 amide bonds. The summed E-state index contributed by atoms with van der Waals surface area (Å²) >= 11 is 12.4. The molecule has 2 nitrogen and oxygen atoms in total. The van der Waals surface area contributed by atoms with Crippen LogP contribution in [0.5, 0.6) is 0 Å². The van der Waals surface area contributed by atoms with Gasteiger partial charge in [0.2, 0.25) is 0 Å². The second-order valence-electron chi connectivity index (χ2n) is 4.81. The van der Waals surface area contributed by atoms with Crippen LogP contribution in [0.3, 0.4) is 0 Å². The molecule has 1 fully saturated rings. The maximum Gasteiger partial charge on any atom is 0.137 e. The van der Waals surface area contributed by atoms with Crippen LogP contribution in [0.4, 0.5) is 0 Å². The number of aromatic nitrogens is 2. The lowest BCUT2D eigenvalue weighted by molar-refractivity contribution is 0.836. The quantitative estimate of drug-likeness (QED) is 0.760. The summed E-state index contributed by atoms with van der Waals surface area (Å²) in [5.41, 5.74) is 4.26. The molecule has 1 aromatic carbocycles. The summed E-state index contributed by atoms with van der Waals surface area (Å²) in [5.74, 6) is 0.985. The Balaban J connectivity index is 2.12. The first-order valence-electron chi connectivity index (χ1n) is 6.11. The van der Waals surface area contributed by atoms with Crippen LogP contribution in [-0.4, -0.2) is 9.78 Å². The standard InChI is InChI=1S/C14H14Cl2N2/c1-9-3-2-4-11(7-9)18-14(16)12(8-15)13(17-18)10-5-6-10/h2-4,7,10H,5-6,8H2,1H3. The van der Waals surface area contributed by atoms with Gasteiger partial charge in [-0.3, -0.25) is 0 Å². The van der Waals surface area contributed by atoms with Crippen LogP contribution in [0.25, 0.3) is 5.69 Å². The van der Waals surface area contributed by atoms with Crippen molar-refractivity contribution < 1.29 is 0 Å². The minimum absolute atomic E-state index is 0.427. The van der Waals surface area contributed by atoms with E-state index in [1.54, 1.807) is 4.68 Å². The molecule has 1 aliphatic carbocycles. The van der Waals surface area contributed by atoms with E-state index in [2.05, 4.69) is 24.2 Å². The van der Waals surface area contributed by atoms with Crippen LogP contribution in [-0.2, 0) is 5.88 Å². The largest absolute Gasteiger partial charge is 0.222 e. The normalized spacial score (nSPS) is 15.1. The number of hydrogen-bond donors (Lipinski definition) is 0. The lowest BCUT2D eigenvalue weighted by Gasteiger charge is -2.04. The van der Waals surface area contributed by atoms with E-state index in [0.717, 1.165) is 16.9 Å². The van der Waals surface area contributed by atoms with Crippen molar-refractivity contribution in [2.75, 3.05) is 0 Å². The van der Waals surface area contributed by atoms with Crippen LogP contribution < -0.4 is 0 Å². The smallest absolute Gasteiger partial charge is 0.137 e. The molecular formula is C14H14Cl2N2. The molecule has 1 aromatic heterocycles. The summed E-state index contributed by atoms with van der Waals surface area (Å²) in [7, 11) is 0. The van der Waals surface area contributed by atoms with E-state index in [-0.39, 0.29) is 0 Å². The molecule has 0 aliphatic heterocycles. The summed E-state index contributed by atoms with van der Waals surface area (Å²) < 4.78 is 1.81. The van der Waals surface area contributed by atoms with E-state index in [1.165, 1.54) is 18.4 Å². The third kappa shape index (κ3) is 2.04. The monoisotopic (exact) mass is 280 g/mol. The highest BCUT2D eigenvalue weighted by atomic mass is 35.5. The van der Waals surface area contributed by atoms with E-state index >= 15 is 0 Å². The summed E-state index contributed by atoms with van der Waals surface area (Å²) in [6.45, 7) is 2.06. The summed E-state index contributed by atoms with van der Waals surface area (Å²) in [4.78, 5) is 0. The number of halogens is 2. The lowest BCUT2D eigenvalue weighted by Crippen LogP contribution is -1.97. The van der Waals surface area contributed by atoms with Gasteiger partial charge in [0, 0.05) is 11.5 Å². The SMILES string of the molecule is Cc1cccc(-n2nc(C3CC3)c(CCl)c2Cl)c1. The Kier molecular flexibility index (Phi) is 3.08. The first-order valence-corrected chi connectivity index (χ1v) is 7.02. The Morgan fingerprint density at radius 2 is 2.17 bits per heavy atom. The van der Waals surface area contributed by atoms with E-state index in [4.69, 9.17) is 23.2 Å². The molecule has 2 aromatic rings. The van der Waals surface area contributed by atoms with Gasteiger partial charge in [-0.1, -0.05) is 23.7 Å². The maximum atomic E-state index is 6.40. The van der Waals surface area contributed by atoms with Gasteiger partial charge in [-0.15, -0.1) is 11.6 Å². The molecule has 0 bridgehead atoms. The van der Waals surface area contributed by atoms with Crippen LogP contribution in [0.2, 0.25) is 5.15 Å². The molecular weight excluding hydrogens is 267 g/mol. The number of aryl methyl sites for hydroxylation is 1. The van der Waals surface area contributed by atoms with Crippen molar-refractivity contribution in [1.29, 1.82) is 0 Å². The van der Waals surface area contributed by atoms with Crippen molar-refractivity contribution in [1.82, 2.24) is 9.78 Å². The zero-order valence-corrected chi connectivity index (χ0v) is 11.7. The molecule has 0 radical (unpaired) electrons. The zero-order chi connectivity index (χ0) is 12.7. The fraction of sp³-hybridized carbons (Fsp3) is 0.357. The fourth-order valence-electron chi connectivity index (χ4n) is 2.18. The van der Waals surface area contributed by atoms with Crippen molar-refractivity contribution in [2.24, 2.45) is 0 Å². The van der Waals surface area contributed by atoms with Crippen molar-refractivity contribution in [3.05, 3.63) is 46.2 Å². The van der Waals surface area contributed by atoms with Gasteiger partial charge in [0.05, 0.1) is 17.3 Å². The number of nitrogens with zero attached hydrogens (tertiary/aromatic N) is 2. The van der Waals surface area contributed by atoms with Gasteiger partial charge in [0.1, 0.15) is 5.15 Å². The van der Waals surface area contributed by atoms with Gasteiger partial charge in [-0.25, -0.2) is 4.68 Å². The van der Waals surface area contributed by atoms with Gasteiger partial charge in [0.15, 0.2) is 0 Å². The number of alkyl halides is 1. The first kappa shape index (κ1) is 12.1. The van der Waals surface area contributed by atoms with E-state index < -0.39 is 0 Å². The van der Waals surface area contributed by atoms with Gasteiger partial charge >= 0.3 is 0 Å². The van der Waals surface area contributed by atoms with Gasteiger partial charge in [-0.05, 0) is 37.5 Å². The highest BCUT2D eigenvalue weighted by molar-refractivity contribution is 6.31. The van der Waals surface area contributed by atoms with Crippen LogP contribution in [0.15, 0.2) is 24.3 Å². The maximum absolute atomic E-state index is 6.40. The number of benzene rings is 1. The molecule has 4 heteroatoms. The molecule has 1 saturated carbocycles. The van der Waals surface area contributed by atoms with Crippen molar-refractivity contribution in [3.8, 4) is 5.69 Å². The summed E-state index contributed by atoms with van der Waals surface area (Å²) in [5, 5.41) is 5.30. The molecule has 0 spiro atoms. The second kappa shape index (κ2) is 4.60. The fourth-order valence-corrected chi connectivity index (χ4v) is 2.82. The Labute approximate surface area is 117 Å². The summed E-state index contributed by atoms with van der Waals surface area (Å²) in [6.07, 6.45) is 2.40. The molecule has 1 heterocycles. The van der Waals surface area contributed by atoms with E-state index in [9.17, 15) is 0 Å². The van der Waals surface area contributed by atoms with Crippen molar-refractivity contribution in [3.63, 3.8) is 0 Å². The molecule has 0 atom stereocenters. The molecule has 18 heavy (non-hydrogen) atoms. The highest BCUT2D eigenvalue weighted by Gasteiger charge is 2.31. The van der Waals surface area contributed by atoms with Crippen LogP contribution in [0, 0.1) is 6.92 Å².